The number of anilines is 4. The van der Waals surface area contributed by atoms with Gasteiger partial charge in [-0.25, -0.2) is 14.4 Å². The number of ether oxygens (including phenoxy) is 3. The molecule has 2 atom stereocenters. The topological polar surface area (TPSA) is 155 Å². The maximum atomic E-state index is 12.1. The van der Waals surface area contributed by atoms with Gasteiger partial charge in [0.25, 0.3) is 0 Å². The van der Waals surface area contributed by atoms with Gasteiger partial charge in [0, 0.05) is 35.8 Å². The maximum absolute atomic E-state index is 12.1. The number of amides is 3. The average Bonchev–Trinajstić information content (AvgIpc) is 3.67. The van der Waals surface area contributed by atoms with E-state index in [1.54, 1.807) is 15.9 Å². The minimum atomic E-state index is -1.21. The van der Waals surface area contributed by atoms with Crippen LogP contribution >= 0.6 is 0 Å². The summed E-state index contributed by atoms with van der Waals surface area (Å²) in [5, 5.41) is 12.5. The van der Waals surface area contributed by atoms with Crippen LogP contribution in [0.2, 0.25) is 0 Å². The molecule has 44 heavy (non-hydrogen) atoms. The Bertz CT molecular complexity index is 1430. The molecule has 1 saturated heterocycles. The Morgan fingerprint density at radius 2 is 1.52 bits per heavy atom. The van der Waals surface area contributed by atoms with Gasteiger partial charge in [-0.2, -0.15) is 0 Å². The minimum Gasteiger partial charge on any atom is -0.467 e. The first kappa shape index (κ1) is 32.3. The highest BCUT2D eigenvalue weighted by molar-refractivity contribution is 6.03. The lowest BCUT2D eigenvalue weighted by Crippen LogP contribution is -2.29. The molecule has 3 amide bonds. The van der Waals surface area contributed by atoms with E-state index in [0.29, 0.717) is 25.1 Å². The molecule has 0 bridgehead atoms. The number of fused-ring (bicyclic) bond motifs is 2. The molecule has 0 aromatic heterocycles. The Morgan fingerprint density at radius 3 is 2.09 bits per heavy atom. The summed E-state index contributed by atoms with van der Waals surface area (Å²) in [7, 11) is 2.48. The molecule has 0 radical (unpaired) electrons. The largest absolute Gasteiger partial charge is 0.467 e. The molecule has 0 saturated carbocycles. The van der Waals surface area contributed by atoms with Crippen LogP contribution in [0, 0.1) is 0 Å². The molecular weight excluding hydrogens is 572 g/mol. The van der Waals surface area contributed by atoms with Gasteiger partial charge in [-0.05, 0) is 60.4 Å². The van der Waals surface area contributed by atoms with Gasteiger partial charge in [-0.1, -0.05) is 13.8 Å². The molecule has 3 heterocycles. The lowest BCUT2D eigenvalue weighted by atomic mass is 10.1. The van der Waals surface area contributed by atoms with Crippen molar-refractivity contribution in [3.8, 4) is 0 Å². The van der Waals surface area contributed by atoms with Crippen molar-refractivity contribution >= 4 is 52.6 Å². The number of methoxy groups -OCH3 is 2. The highest BCUT2D eigenvalue weighted by Gasteiger charge is 2.38. The number of cyclic esters (lactones) is 1. The fourth-order valence-electron chi connectivity index (χ4n) is 5.33. The Kier molecular flexibility index (Phi) is 10.4. The quantitative estimate of drug-likeness (QED) is 0.303. The van der Waals surface area contributed by atoms with Crippen LogP contribution < -0.4 is 20.0 Å². The molecule has 0 aliphatic carbocycles. The Labute approximate surface area is 255 Å². The number of carbonyl (C=O) groups is 5. The van der Waals surface area contributed by atoms with E-state index in [1.165, 1.54) is 19.1 Å². The molecule has 5 rings (SSSR count). The van der Waals surface area contributed by atoms with Gasteiger partial charge in [0.15, 0.2) is 6.10 Å². The van der Waals surface area contributed by atoms with E-state index in [2.05, 4.69) is 14.8 Å². The van der Waals surface area contributed by atoms with Crippen LogP contribution in [0.3, 0.4) is 0 Å². The predicted molar refractivity (Wildman–Crippen MR) is 162 cm³/mol. The van der Waals surface area contributed by atoms with E-state index in [9.17, 15) is 29.1 Å². The minimum absolute atomic E-state index is 0.0652. The summed E-state index contributed by atoms with van der Waals surface area (Å²) in [6, 6.07) is 11.0. The summed E-state index contributed by atoms with van der Waals surface area (Å²) in [5.41, 5.74) is 5.06. The number of nitrogens with zero attached hydrogens (tertiary/aromatic N) is 3. The smallest absolute Gasteiger partial charge is 0.415 e. The second kappa shape index (κ2) is 14.2. The number of carbonyl (C=O) groups excluding carboxylic acids is 5. The van der Waals surface area contributed by atoms with Crippen molar-refractivity contribution < 1.29 is 43.3 Å². The molecule has 236 valence electrons. The number of esters is 2. The maximum Gasteiger partial charge on any atom is 0.415 e. The van der Waals surface area contributed by atoms with Crippen molar-refractivity contribution in [2.45, 2.75) is 51.7 Å². The fraction of sp³-hybridized carbons (Fsp3) is 0.452. The summed E-state index contributed by atoms with van der Waals surface area (Å²) in [6.07, 6.45) is -0.199. The predicted octanol–water partition coefficient (Wildman–Crippen LogP) is 2.42. The summed E-state index contributed by atoms with van der Waals surface area (Å²) in [6.45, 7) is 5.64. The third-order valence-electron chi connectivity index (χ3n) is 7.46. The Hall–Kier alpha value is -4.65. The van der Waals surface area contributed by atoms with Crippen molar-refractivity contribution in [3.05, 3.63) is 47.5 Å². The highest BCUT2D eigenvalue weighted by atomic mass is 16.6. The van der Waals surface area contributed by atoms with Gasteiger partial charge in [0.2, 0.25) is 17.9 Å². The number of aliphatic hydroxyl groups is 1. The number of benzene rings is 2. The van der Waals surface area contributed by atoms with Crippen LogP contribution in [-0.4, -0.2) is 87.6 Å². The number of rotatable bonds is 10. The second-order valence-electron chi connectivity index (χ2n) is 10.5. The van der Waals surface area contributed by atoms with Crippen molar-refractivity contribution in [1.82, 2.24) is 0 Å². The fourth-order valence-corrected chi connectivity index (χ4v) is 5.33. The van der Waals surface area contributed by atoms with E-state index in [1.807, 2.05) is 44.2 Å². The van der Waals surface area contributed by atoms with Crippen molar-refractivity contribution in [1.29, 1.82) is 0 Å². The van der Waals surface area contributed by atoms with Crippen LogP contribution in [0.1, 0.15) is 37.8 Å². The number of hydrogen-bond acceptors (Lipinski definition) is 10. The van der Waals surface area contributed by atoms with Crippen molar-refractivity contribution in [2.24, 2.45) is 0 Å². The van der Waals surface area contributed by atoms with E-state index in [-0.39, 0.29) is 24.9 Å². The van der Waals surface area contributed by atoms with Gasteiger partial charge >= 0.3 is 18.0 Å². The second-order valence-corrected chi connectivity index (χ2v) is 10.5. The zero-order valence-electron chi connectivity index (χ0n) is 25.3. The first-order chi connectivity index (χ1) is 21.1. The summed E-state index contributed by atoms with van der Waals surface area (Å²) in [4.78, 5) is 63.5. The molecule has 13 nitrogen and oxygen atoms in total. The first-order valence-electron chi connectivity index (χ1n) is 14.5. The van der Waals surface area contributed by atoms with Gasteiger partial charge in [0.1, 0.15) is 0 Å². The van der Waals surface area contributed by atoms with E-state index in [0.717, 1.165) is 47.6 Å². The highest BCUT2D eigenvalue weighted by Crippen LogP contribution is 2.34. The third kappa shape index (κ3) is 6.94. The SMILES string of the molecule is CCCN1C(=O)Cc2cc(N3C[C@H](C(=O)OC)OC3=O)ccc21.CCCN1C(=O)Cc2cc(NC[C@@H](O)C(=O)OC)ccc21. The van der Waals surface area contributed by atoms with Gasteiger partial charge in [-0.3, -0.25) is 14.5 Å². The molecule has 2 N–H and O–H groups in total. The van der Waals surface area contributed by atoms with Gasteiger partial charge in [0.05, 0.1) is 40.2 Å². The first-order valence-corrected chi connectivity index (χ1v) is 14.5. The number of nitrogens with one attached hydrogen (secondary N) is 1. The summed E-state index contributed by atoms with van der Waals surface area (Å²) in [5.74, 6) is -1.08. The zero-order chi connectivity index (χ0) is 32.0. The molecule has 2 aromatic carbocycles. The molecule has 0 spiro atoms. The normalized spacial score (nSPS) is 17.4. The standard InChI is InChI=1S/C16H18N2O5.C15H20N2O4/c1-3-6-17-12-5-4-11(7-10(12)8-14(17)19)18-9-13(15(20)22-2)23-16(18)21;1-3-6-17-12-5-4-11(7-10(12)8-14(17)19)16-9-13(18)15(20)21-2/h4-5,7,13H,3,6,8-9H2,1-2H3;4-5,7,13,16,18H,3,6,8-9H2,1-2H3/t2*13-/m11/s1. The lowest BCUT2D eigenvalue weighted by molar-refractivity contribution is -0.149. The molecule has 1 fully saturated rings. The molecule has 0 unspecified atom stereocenters. The van der Waals surface area contributed by atoms with Crippen LogP contribution in [0.25, 0.3) is 0 Å². The van der Waals surface area contributed by atoms with Crippen molar-refractivity contribution in [2.75, 3.05) is 60.4 Å². The molecular formula is C31H38N4O9. The van der Waals surface area contributed by atoms with E-state index >= 15 is 0 Å². The molecule has 2 aromatic rings. The molecule has 13 heteroatoms. The Morgan fingerprint density at radius 1 is 0.932 bits per heavy atom. The third-order valence-corrected chi connectivity index (χ3v) is 7.46. The van der Waals surface area contributed by atoms with Crippen LogP contribution in [0.4, 0.5) is 27.5 Å². The summed E-state index contributed by atoms with van der Waals surface area (Å²) >= 11 is 0. The zero-order valence-corrected chi connectivity index (χ0v) is 25.3. The lowest BCUT2D eigenvalue weighted by Gasteiger charge is -2.18. The Balaban J connectivity index is 0.000000202. The van der Waals surface area contributed by atoms with Gasteiger partial charge in [-0.15, -0.1) is 0 Å². The van der Waals surface area contributed by atoms with E-state index in [4.69, 9.17) is 4.74 Å². The van der Waals surface area contributed by atoms with Crippen LogP contribution in [0.5, 0.6) is 0 Å². The van der Waals surface area contributed by atoms with Crippen molar-refractivity contribution in [3.63, 3.8) is 0 Å². The van der Waals surface area contributed by atoms with Gasteiger partial charge < -0.3 is 34.4 Å². The summed E-state index contributed by atoms with van der Waals surface area (Å²) < 4.78 is 14.1. The molecule has 3 aliphatic heterocycles. The van der Waals surface area contributed by atoms with Crippen LogP contribution in [0.15, 0.2) is 36.4 Å². The number of aliphatic hydroxyl groups excluding tert-OH is 1. The van der Waals surface area contributed by atoms with E-state index < -0.39 is 30.2 Å². The number of hydrogen-bond donors (Lipinski definition) is 2. The van der Waals surface area contributed by atoms with Crippen LogP contribution in [-0.2, 0) is 46.2 Å². The monoisotopic (exact) mass is 610 g/mol. The average molecular weight is 611 g/mol. The molecule has 3 aliphatic rings.